The highest BCUT2D eigenvalue weighted by Crippen LogP contribution is 2.27. The summed E-state index contributed by atoms with van der Waals surface area (Å²) in [6.45, 7) is 4.24. The zero-order chi connectivity index (χ0) is 12.5. The van der Waals surface area contributed by atoms with E-state index in [0.717, 1.165) is 36.8 Å². The summed E-state index contributed by atoms with van der Waals surface area (Å²) in [6.07, 6.45) is 5.19. The first-order chi connectivity index (χ1) is 8.83. The van der Waals surface area contributed by atoms with Crippen molar-refractivity contribution in [2.75, 3.05) is 18.0 Å². The Morgan fingerprint density at radius 3 is 3.11 bits per heavy atom. The summed E-state index contributed by atoms with van der Waals surface area (Å²) < 4.78 is 1.86. The second-order valence-corrected chi connectivity index (χ2v) is 4.88. The van der Waals surface area contributed by atoms with Crippen LogP contribution in [0.5, 0.6) is 0 Å². The fourth-order valence-electron chi connectivity index (χ4n) is 2.70. The van der Waals surface area contributed by atoms with E-state index in [-0.39, 0.29) is 0 Å². The topological polar surface area (TPSA) is 37.6 Å². The number of pyridine rings is 1. The highest BCUT2D eigenvalue weighted by molar-refractivity contribution is 5.83. The second kappa shape index (κ2) is 4.44. The number of fused-ring (bicyclic) bond motifs is 1. The first kappa shape index (κ1) is 11.3. The molecule has 3 rings (SSSR count). The third-order valence-electron chi connectivity index (χ3n) is 3.82. The van der Waals surface area contributed by atoms with E-state index in [9.17, 15) is 4.79 Å². The number of carbonyl (C=O) groups excluding carboxylic acids is 1. The minimum atomic E-state index is 0.669. The summed E-state index contributed by atoms with van der Waals surface area (Å²) in [4.78, 5) is 18.2. The lowest BCUT2D eigenvalue weighted by molar-refractivity contribution is 0.111. The third-order valence-corrected chi connectivity index (χ3v) is 3.82. The largest absolute Gasteiger partial charge is 0.354 e. The molecule has 0 bridgehead atoms. The molecule has 4 heteroatoms. The van der Waals surface area contributed by atoms with Gasteiger partial charge in [-0.1, -0.05) is 19.4 Å². The Hall–Kier alpha value is -1.84. The van der Waals surface area contributed by atoms with Gasteiger partial charge in [-0.25, -0.2) is 4.98 Å². The quantitative estimate of drug-likeness (QED) is 0.777. The molecule has 3 heterocycles. The molecular weight excluding hydrogens is 226 g/mol. The number of anilines is 1. The number of imidazole rings is 1. The van der Waals surface area contributed by atoms with Gasteiger partial charge in [-0.3, -0.25) is 9.20 Å². The number of nitrogens with zero attached hydrogens (tertiary/aromatic N) is 3. The maximum Gasteiger partial charge on any atom is 0.170 e. The number of hydrogen-bond acceptors (Lipinski definition) is 3. The summed E-state index contributed by atoms with van der Waals surface area (Å²) >= 11 is 0. The zero-order valence-corrected chi connectivity index (χ0v) is 10.5. The summed E-state index contributed by atoms with van der Waals surface area (Å²) in [7, 11) is 0. The van der Waals surface area contributed by atoms with Gasteiger partial charge in [0.2, 0.25) is 0 Å². The Labute approximate surface area is 106 Å². The van der Waals surface area contributed by atoms with Crippen LogP contribution in [-0.2, 0) is 0 Å². The minimum Gasteiger partial charge on any atom is -0.354 e. The van der Waals surface area contributed by atoms with Crippen molar-refractivity contribution in [3.05, 3.63) is 30.1 Å². The van der Waals surface area contributed by atoms with Gasteiger partial charge >= 0.3 is 0 Å². The van der Waals surface area contributed by atoms with Gasteiger partial charge < -0.3 is 4.90 Å². The number of rotatable bonds is 3. The number of aldehydes is 1. The molecule has 1 fully saturated rings. The van der Waals surface area contributed by atoms with Crippen LogP contribution in [0.1, 0.15) is 30.3 Å². The molecule has 0 radical (unpaired) electrons. The van der Waals surface area contributed by atoms with Crippen LogP contribution >= 0.6 is 0 Å². The van der Waals surface area contributed by atoms with Gasteiger partial charge in [-0.05, 0) is 24.5 Å². The van der Waals surface area contributed by atoms with Crippen LogP contribution in [0.25, 0.3) is 5.65 Å². The van der Waals surface area contributed by atoms with Gasteiger partial charge in [0, 0.05) is 19.3 Å². The van der Waals surface area contributed by atoms with Crippen molar-refractivity contribution in [2.45, 2.75) is 19.8 Å². The smallest absolute Gasteiger partial charge is 0.170 e. The summed E-state index contributed by atoms with van der Waals surface area (Å²) in [6, 6.07) is 5.80. The van der Waals surface area contributed by atoms with E-state index in [1.54, 1.807) is 0 Å². The van der Waals surface area contributed by atoms with Crippen LogP contribution < -0.4 is 4.90 Å². The van der Waals surface area contributed by atoms with Crippen molar-refractivity contribution in [1.82, 2.24) is 9.38 Å². The van der Waals surface area contributed by atoms with Crippen molar-refractivity contribution >= 4 is 17.8 Å². The lowest BCUT2D eigenvalue weighted by Gasteiger charge is -2.15. The number of hydrogen-bond donors (Lipinski definition) is 0. The van der Waals surface area contributed by atoms with Crippen LogP contribution in [0.4, 0.5) is 5.82 Å². The Bertz CT molecular complexity index is 575. The molecule has 0 aliphatic carbocycles. The predicted molar refractivity (Wildman–Crippen MR) is 71.2 cm³/mol. The van der Waals surface area contributed by atoms with E-state index in [1.165, 1.54) is 12.8 Å². The molecule has 0 aromatic carbocycles. The Morgan fingerprint density at radius 2 is 2.39 bits per heavy atom. The van der Waals surface area contributed by atoms with Crippen molar-refractivity contribution in [3.63, 3.8) is 0 Å². The average Bonchev–Trinajstić information content (AvgIpc) is 3.02. The molecule has 4 nitrogen and oxygen atoms in total. The Balaban J connectivity index is 2.04. The number of carbonyl (C=O) groups is 1. The molecule has 0 N–H and O–H groups in total. The van der Waals surface area contributed by atoms with Crippen molar-refractivity contribution in [2.24, 2.45) is 5.92 Å². The van der Waals surface area contributed by atoms with Crippen LogP contribution in [0.15, 0.2) is 24.4 Å². The highest BCUT2D eigenvalue weighted by atomic mass is 16.1. The van der Waals surface area contributed by atoms with Gasteiger partial charge in [0.15, 0.2) is 12.1 Å². The molecule has 0 spiro atoms. The molecule has 94 valence electrons. The van der Waals surface area contributed by atoms with Crippen LogP contribution in [0, 0.1) is 5.92 Å². The molecule has 0 saturated carbocycles. The lowest BCUT2D eigenvalue weighted by atomic mass is 10.1. The molecule has 18 heavy (non-hydrogen) atoms. The maximum atomic E-state index is 11.3. The molecule has 1 aliphatic heterocycles. The van der Waals surface area contributed by atoms with Gasteiger partial charge in [0.25, 0.3) is 0 Å². The van der Waals surface area contributed by atoms with Crippen LogP contribution in [0.2, 0.25) is 0 Å². The van der Waals surface area contributed by atoms with E-state index in [4.69, 9.17) is 0 Å². The summed E-state index contributed by atoms with van der Waals surface area (Å²) in [5.41, 5.74) is 1.51. The van der Waals surface area contributed by atoms with Gasteiger partial charge in [-0.15, -0.1) is 0 Å². The van der Waals surface area contributed by atoms with Crippen molar-refractivity contribution in [1.29, 1.82) is 0 Å². The Kier molecular flexibility index (Phi) is 2.78. The second-order valence-electron chi connectivity index (χ2n) is 4.88. The minimum absolute atomic E-state index is 0.669. The van der Waals surface area contributed by atoms with Gasteiger partial charge in [-0.2, -0.15) is 0 Å². The normalized spacial score (nSPS) is 19.6. The van der Waals surface area contributed by atoms with Crippen LogP contribution in [0.3, 0.4) is 0 Å². The molecule has 2 aromatic heterocycles. The predicted octanol–water partition coefficient (Wildman–Crippen LogP) is 2.38. The first-order valence-electron chi connectivity index (χ1n) is 6.50. The molecular formula is C14H17N3O. The van der Waals surface area contributed by atoms with E-state index in [2.05, 4.69) is 16.8 Å². The molecule has 0 amide bonds. The van der Waals surface area contributed by atoms with Crippen molar-refractivity contribution in [3.8, 4) is 0 Å². The third kappa shape index (κ3) is 1.68. The molecule has 1 unspecified atom stereocenters. The monoisotopic (exact) mass is 243 g/mol. The van der Waals surface area contributed by atoms with E-state index in [0.29, 0.717) is 5.69 Å². The summed E-state index contributed by atoms with van der Waals surface area (Å²) in [5, 5.41) is 0. The lowest BCUT2D eigenvalue weighted by Crippen LogP contribution is -2.21. The number of aromatic nitrogens is 2. The van der Waals surface area contributed by atoms with Crippen molar-refractivity contribution < 1.29 is 4.79 Å². The van der Waals surface area contributed by atoms with E-state index >= 15 is 0 Å². The average molecular weight is 243 g/mol. The SMILES string of the molecule is CCC1CCN(c2nc3ccccn3c2C=O)C1. The standard InChI is InChI=1S/C14H17N3O/c1-2-11-6-8-16(9-11)14-12(10-18)17-7-4-3-5-13(17)15-14/h3-5,7,10-11H,2,6,8-9H2,1H3. The van der Waals surface area contributed by atoms with E-state index < -0.39 is 0 Å². The van der Waals surface area contributed by atoms with E-state index in [1.807, 2.05) is 28.8 Å². The molecule has 1 aliphatic rings. The van der Waals surface area contributed by atoms with Crippen LogP contribution in [-0.4, -0.2) is 28.8 Å². The molecule has 2 aromatic rings. The molecule has 1 saturated heterocycles. The van der Waals surface area contributed by atoms with Gasteiger partial charge in [0.05, 0.1) is 0 Å². The first-order valence-corrected chi connectivity index (χ1v) is 6.50. The highest BCUT2D eigenvalue weighted by Gasteiger charge is 2.25. The fourth-order valence-corrected chi connectivity index (χ4v) is 2.70. The zero-order valence-electron chi connectivity index (χ0n) is 10.5. The summed E-state index contributed by atoms with van der Waals surface area (Å²) in [5.74, 6) is 1.57. The molecule has 1 atom stereocenters. The van der Waals surface area contributed by atoms with Gasteiger partial charge in [0.1, 0.15) is 11.3 Å². The Morgan fingerprint density at radius 1 is 1.50 bits per heavy atom. The fraction of sp³-hybridized carbons (Fsp3) is 0.429. The maximum absolute atomic E-state index is 11.3.